The van der Waals surface area contributed by atoms with Crippen LogP contribution in [0.5, 0.6) is 5.75 Å². The van der Waals surface area contributed by atoms with Crippen molar-refractivity contribution in [3.8, 4) is 5.75 Å². The van der Waals surface area contributed by atoms with Crippen LogP contribution < -0.4 is 5.32 Å². The molecule has 0 spiro atoms. The second-order valence-electron chi connectivity index (χ2n) is 5.91. The Morgan fingerprint density at radius 1 is 1.15 bits per heavy atom. The molecule has 0 aromatic heterocycles. The first-order valence-electron chi connectivity index (χ1n) is 7.95. The Bertz CT molecular complexity index is 838. The lowest BCUT2D eigenvalue weighted by Gasteiger charge is -2.19. The van der Waals surface area contributed by atoms with Gasteiger partial charge in [-0.15, -0.1) is 0 Å². The van der Waals surface area contributed by atoms with Crippen LogP contribution in [0.25, 0.3) is 0 Å². The fourth-order valence-corrected chi connectivity index (χ4v) is 2.93. The Kier molecular flexibility index (Phi) is 6.51. The van der Waals surface area contributed by atoms with E-state index < -0.39 is 24.0 Å². The zero-order valence-electron chi connectivity index (χ0n) is 14.5. The van der Waals surface area contributed by atoms with Crippen LogP contribution in [0.3, 0.4) is 0 Å². The third-order valence-electron chi connectivity index (χ3n) is 3.90. The van der Waals surface area contributed by atoms with Gasteiger partial charge in [-0.25, -0.2) is 4.79 Å². The fraction of sp³-hybridized carbons (Fsp3) is 0.263. The Morgan fingerprint density at radius 2 is 1.85 bits per heavy atom. The number of carbonyl (C=O) groups is 2. The summed E-state index contributed by atoms with van der Waals surface area (Å²) in [5.74, 6) is -1.42. The highest BCUT2D eigenvalue weighted by Crippen LogP contribution is 2.26. The summed E-state index contributed by atoms with van der Waals surface area (Å²) in [5, 5.41) is 13.6. The lowest BCUT2D eigenvalue weighted by atomic mass is 10.1. The molecule has 2 rings (SSSR count). The van der Waals surface area contributed by atoms with E-state index in [0.29, 0.717) is 21.2 Å². The minimum Gasteiger partial charge on any atom is -0.507 e. The third kappa shape index (κ3) is 4.68. The van der Waals surface area contributed by atoms with Crippen molar-refractivity contribution in [3.05, 3.63) is 63.1 Å². The molecule has 26 heavy (non-hydrogen) atoms. The zero-order valence-corrected chi connectivity index (χ0v) is 16.1. The normalized spacial score (nSPS) is 13.0. The highest BCUT2D eigenvalue weighted by Gasteiger charge is 2.23. The van der Waals surface area contributed by atoms with Crippen LogP contribution in [0.2, 0.25) is 10.0 Å². The van der Waals surface area contributed by atoms with Crippen molar-refractivity contribution < 1.29 is 19.4 Å². The number of ether oxygens (including phenoxy) is 1. The van der Waals surface area contributed by atoms with E-state index in [1.54, 1.807) is 44.2 Å². The molecule has 138 valence electrons. The number of rotatable bonds is 5. The van der Waals surface area contributed by atoms with Crippen LogP contribution >= 0.6 is 23.2 Å². The highest BCUT2D eigenvalue weighted by atomic mass is 35.5. The molecule has 0 fully saturated rings. The van der Waals surface area contributed by atoms with Gasteiger partial charge in [0.1, 0.15) is 11.3 Å². The molecule has 2 N–H and O–H groups in total. The van der Waals surface area contributed by atoms with Crippen molar-refractivity contribution in [1.82, 2.24) is 5.32 Å². The van der Waals surface area contributed by atoms with Gasteiger partial charge < -0.3 is 15.2 Å². The second-order valence-corrected chi connectivity index (χ2v) is 6.76. The average Bonchev–Trinajstić information content (AvgIpc) is 2.56. The minimum absolute atomic E-state index is 0.0124. The number of hydrogen-bond acceptors (Lipinski definition) is 4. The number of amides is 1. The topological polar surface area (TPSA) is 75.6 Å². The van der Waals surface area contributed by atoms with E-state index >= 15 is 0 Å². The summed E-state index contributed by atoms with van der Waals surface area (Å²) in [6.07, 6.45) is -1.05. The molecule has 0 aliphatic heterocycles. The average molecular weight is 396 g/mol. The minimum atomic E-state index is -1.05. The Labute approximate surface area is 161 Å². The van der Waals surface area contributed by atoms with Crippen LogP contribution in [0, 0.1) is 6.92 Å². The van der Waals surface area contributed by atoms with Crippen molar-refractivity contribution in [2.24, 2.45) is 0 Å². The first-order chi connectivity index (χ1) is 12.2. The first kappa shape index (κ1) is 20.1. The monoisotopic (exact) mass is 395 g/mol. The van der Waals surface area contributed by atoms with E-state index in [0.717, 1.165) is 0 Å². The predicted molar refractivity (Wildman–Crippen MR) is 101 cm³/mol. The number of phenolic OH excluding ortho intramolecular Hbond substituents is 1. The van der Waals surface area contributed by atoms with E-state index in [1.165, 1.54) is 13.0 Å². The largest absolute Gasteiger partial charge is 0.507 e. The van der Waals surface area contributed by atoms with Gasteiger partial charge in [-0.2, -0.15) is 0 Å². The van der Waals surface area contributed by atoms with Gasteiger partial charge in [0.15, 0.2) is 6.10 Å². The molecule has 0 radical (unpaired) electrons. The van der Waals surface area contributed by atoms with Crippen LogP contribution in [-0.2, 0) is 9.53 Å². The van der Waals surface area contributed by atoms with Crippen molar-refractivity contribution >= 4 is 35.1 Å². The molecular weight excluding hydrogens is 377 g/mol. The summed E-state index contributed by atoms with van der Waals surface area (Å²) in [6.45, 7) is 4.88. The quantitative estimate of drug-likeness (QED) is 0.734. The van der Waals surface area contributed by atoms with E-state index in [1.807, 2.05) is 0 Å². The Hall–Kier alpha value is -2.24. The number of aryl methyl sites for hydroxylation is 1. The van der Waals surface area contributed by atoms with E-state index in [2.05, 4.69) is 5.32 Å². The highest BCUT2D eigenvalue weighted by molar-refractivity contribution is 6.35. The molecule has 2 aromatic rings. The summed E-state index contributed by atoms with van der Waals surface area (Å²) in [6, 6.07) is 9.31. The van der Waals surface area contributed by atoms with Gasteiger partial charge in [0.2, 0.25) is 0 Å². The van der Waals surface area contributed by atoms with Crippen molar-refractivity contribution in [1.29, 1.82) is 0 Å². The number of esters is 1. The number of para-hydroxylation sites is 1. The molecule has 0 saturated carbocycles. The summed E-state index contributed by atoms with van der Waals surface area (Å²) < 4.78 is 5.16. The molecule has 0 aliphatic carbocycles. The summed E-state index contributed by atoms with van der Waals surface area (Å²) in [4.78, 5) is 24.5. The summed E-state index contributed by atoms with van der Waals surface area (Å²) in [5.41, 5.74) is 1.25. The molecule has 0 bridgehead atoms. The Balaban J connectivity index is 2.03. The number of phenols is 1. The molecular formula is C19H19Cl2NO4. The van der Waals surface area contributed by atoms with Gasteiger partial charge in [-0.3, -0.25) is 4.79 Å². The lowest BCUT2D eigenvalue weighted by Crippen LogP contribution is -2.37. The van der Waals surface area contributed by atoms with Gasteiger partial charge in [-0.05, 0) is 50.1 Å². The molecule has 2 aromatic carbocycles. The predicted octanol–water partition coefficient (Wildman–Crippen LogP) is 4.43. The Morgan fingerprint density at radius 3 is 2.50 bits per heavy atom. The maximum absolute atomic E-state index is 12.3. The number of nitrogens with one attached hydrogen (secondary N) is 1. The van der Waals surface area contributed by atoms with Crippen LogP contribution in [0.4, 0.5) is 0 Å². The maximum Gasteiger partial charge on any atom is 0.342 e. The van der Waals surface area contributed by atoms with Crippen molar-refractivity contribution in [2.45, 2.75) is 32.9 Å². The molecule has 0 heterocycles. The van der Waals surface area contributed by atoms with E-state index in [4.69, 9.17) is 27.9 Å². The molecule has 7 heteroatoms. The second kappa shape index (κ2) is 8.43. The van der Waals surface area contributed by atoms with Crippen molar-refractivity contribution in [2.75, 3.05) is 0 Å². The molecule has 1 amide bonds. The van der Waals surface area contributed by atoms with Gasteiger partial charge in [0, 0.05) is 10.0 Å². The molecule has 2 atom stereocenters. The van der Waals surface area contributed by atoms with Gasteiger partial charge in [0.25, 0.3) is 5.91 Å². The lowest BCUT2D eigenvalue weighted by molar-refractivity contribution is -0.129. The van der Waals surface area contributed by atoms with Crippen molar-refractivity contribution in [3.63, 3.8) is 0 Å². The first-order valence-corrected chi connectivity index (χ1v) is 8.71. The summed E-state index contributed by atoms with van der Waals surface area (Å²) >= 11 is 12.0. The fourth-order valence-electron chi connectivity index (χ4n) is 2.36. The zero-order chi connectivity index (χ0) is 19.4. The van der Waals surface area contributed by atoms with Gasteiger partial charge >= 0.3 is 5.97 Å². The van der Waals surface area contributed by atoms with Crippen LogP contribution in [-0.4, -0.2) is 23.1 Å². The number of hydrogen-bond donors (Lipinski definition) is 2. The number of halogens is 2. The number of benzene rings is 2. The van der Waals surface area contributed by atoms with Crippen LogP contribution in [0.1, 0.15) is 41.4 Å². The van der Waals surface area contributed by atoms with Gasteiger partial charge in [-0.1, -0.05) is 41.4 Å². The number of carbonyl (C=O) groups excluding carboxylic acids is 2. The third-order valence-corrected chi connectivity index (χ3v) is 4.46. The molecule has 0 aliphatic rings. The molecule has 0 unspecified atom stereocenters. The van der Waals surface area contributed by atoms with E-state index in [-0.39, 0.29) is 11.3 Å². The van der Waals surface area contributed by atoms with Gasteiger partial charge in [0.05, 0.1) is 6.04 Å². The summed E-state index contributed by atoms with van der Waals surface area (Å²) in [7, 11) is 0. The maximum atomic E-state index is 12.3. The van der Waals surface area contributed by atoms with E-state index in [9.17, 15) is 14.7 Å². The SMILES string of the molecule is Cc1cccc(C(=O)O[C@H](C)C(=O)N[C@H](C)c2ccc(Cl)cc2Cl)c1O. The van der Waals surface area contributed by atoms with Crippen LogP contribution in [0.15, 0.2) is 36.4 Å². The standard InChI is InChI=1S/C19H19Cl2NO4/c1-10-5-4-6-15(17(10)23)19(25)26-12(3)18(24)22-11(2)14-8-7-13(20)9-16(14)21/h4-9,11-12,23H,1-3H3,(H,22,24)/t11-,12-/m1/s1. The number of aromatic hydroxyl groups is 1. The molecule has 0 saturated heterocycles. The smallest absolute Gasteiger partial charge is 0.342 e. The molecule has 5 nitrogen and oxygen atoms in total.